The van der Waals surface area contributed by atoms with Crippen LogP contribution in [0.25, 0.3) is 0 Å². The number of hydrogen-bond acceptors (Lipinski definition) is 4. The third kappa shape index (κ3) is 6.37. The molecule has 0 saturated heterocycles. The predicted molar refractivity (Wildman–Crippen MR) is 82.2 cm³/mol. The van der Waals surface area contributed by atoms with E-state index in [1.165, 1.54) is 0 Å². The zero-order valence-electron chi connectivity index (χ0n) is 12.1. The molecular formula is C15H24N4O2. The Balaban J connectivity index is 2.54. The van der Waals surface area contributed by atoms with Crippen LogP contribution in [0.3, 0.4) is 0 Å². The molecule has 2 atom stereocenters. The van der Waals surface area contributed by atoms with E-state index in [1.54, 1.807) is 0 Å². The number of nitrogens with two attached hydrogens (primary N) is 3. The highest BCUT2D eigenvalue weighted by atomic mass is 16.2. The van der Waals surface area contributed by atoms with Gasteiger partial charge in [-0.3, -0.25) is 9.59 Å². The lowest BCUT2D eigenvalue weighted by molar-refractivity contribution is -0.128. The van der Waals surface area contributed by atoms with Crippen LogP contribution in [-0.4, -0.2) is 30.4 Å². The van der Waals surface area contributed by atoms with Crippen molar-refractivity contribution >= 4 is 11.8 Å². The van der Waals surface area contributed by atoms with E-state index in [0.717, 1.165) is 18.4 Å². The molecule has 0 radical (unpaired) electrons. The van der Waals surface area contributed by atoms with Crippen LogP contribution in [0.2, 0.25) is 0 Å². The van der Waals surface area contributed by atoms with Crippen molar-refractivity contribution in [3.05, 3.63) is 35.9 Å². The van der Waals surface area contributed by atoms with Crippen LogP contribution in [0.4, 0.5) is 0 Å². The van der Waals surface area contributed by atoms with E-state index in [2.05, 4.69) is 5.32 Å². The maximum atomic E-state index is 12.0. The van der Waals surface area contributed by atoms with Gasteiger partial charge in [-0.25, -0.2) is 0 Å². The highest BCUT2D eigenvalue weighted by Gasteiger charge is 2.21. The summed E-state index contributed by atoms with van der Waals surface area (Å²) >= 11 is 0. The largest absolute Gasteiger partial charge is 0.368 e. The van der Waals surface area contributed by atoms with E-state index in [4.69, 9.17) is 17.2 Å². The first-order chi connectivity index (χ1) is 10.0. The first-order valence-corrected chi connectivity index (χ1v) is 7.14. The molecule has 1 aromatic carbocycles. The van der Waals surface area contributed by atoms with Gasteiger partial charge in [-0.2, -0.15) is 0 Å². The summed E-state index contributed by atoms with van der Waals surface area (Å²) in [5, 5.41) is 2.62. The van der Waals surface area contributed by atoms with Crippen LogP contribution < -0.4 is 22.5 Å². The second-order valence-corrected chi connectivity index (χ2v) is 5.04. The molecule has 6 heteroatoms. The standard InChI is InChI=1S/C15H24N4O2/c16-9-5-4-8-12(17)15(21)19-13(14(18)20)10-11-6-2-1-3-7-11/h1-3,6-7,12-13H,4-5,8-10,16-17H2,(H2,18,20)(H,19,21). The van der Waals surface area contributed by atoms with Crippen molar-refractivity contribution in [1.29, 1.82) is 0 Å². The fourth-order valence-electron chi connectivity index (χ4n) is 1.99. The van der Waals surface area contributed by atoms with Gasteiger partial charge in [0.15, 0.2) is 0 Å². The lowest BCUT2D eigenvalue weighted by Gasteiger charge is -2.18. The van der Waals surface area contributed by atoms with Crippen LogP contribution in [-0.2, 0) is 16.0 Å². The number of carbonyl (C=O) groups is 2. The Morgan fingerprint density at radius 1 is 1.14 bits per heavy atom. The average Bonchev–Trinajstić information content (AvgIpc) is 2.47. The summed E-state index contributed by atoms with van der Waals surface area (Å²) in [6.45, 7) is 0.576. The van der Waals surface area contributed by atoms with Gasteiger partial charge >= 0.3 is 0 Å². The van der Waals surface area contributed by atoms with E-state index in [0.29, 0.717) is 19.4 Å². The molecule has 0 saturated carbocycles. The Hall–Kier alpha value is -1.92. The number of hydrogen-bond donors (Lipinski definition) is 4. The van der Waals surface area contributed by atoms with Crippen molar-refractivity contribution in [2.75, 3.05) is 6.54 Å². The summed E-state index contributed by atoms with van der Waals surface area (Å²) in [5.41, 5.74) is 17.5. The first kappa shape index (κ1) is 17.1. The summed E-state index contributed by atoms with van der Waals surface area (Å²) in [6.07, 6.45) is 2.51. The van der Waals surface area contributed by atoms with E-state index in [-0.39, 0.29) is 5.91 Å². The molecule has 0 bridgehead atoms. The van der Waals surface area contributed by atoms with Crippen molar-refractivity contribution in [3.63, 3.8) is 0 Å². The van der Waals surface area contributed by atoms with Gasteiger partial charge in [0, 0.05) is 6.42 Å². The SMILES string of the molecule is NCCCCC(N)C(=O)NC(Cc1ccccc1)C(N)=O. The Morgan fingerprint density at radius 3 is 2.38 bits per heavy atom. The van der Waals surface area contributed by atoms with Gasteiger partial charge in [-0.15, -0.1) is 0 Å². The number of primary amides is 1. The fourth-order valence-corrected chi connectivity index (χ4v) is 1.99. The Labute approximate surface area is 125 Å². The first-order valence-electron chi connectivity index (χ1n) is 7.14. The second-order valence-electron chi connectivity index (χ2n) is 5.04. The fraction of sp³-hybridized carbons (Fsp3) is 0.467. The zero-order chi connectivity index (χ0) is 15.7. The Kier molecular flexibility index (Phi) is 7.42. The van der Waals surface area contributed by atoms with Gasteiger partial charge in [0.1, 0.15) is 6.04 Å². The van der Waals surface area contributed by atoms with Gasteiger partial charge < -0.3 is 22.5 Å². The molecule has 6 nitrogen and oxygen atoms in total. The summed E-state index contributed by atoms with van der Waals surface area (Å²) in [7, 11) is 0. The molecule has 7 N–H and O–H groups in total. The van der Waals surface area contributed by atoms with E-state index >= 15 is 0 Å². The number of rotatable bonds is 9. The summed E-state index contributed by atoms with van der Waals surface area (Å²) < 4.78 is 0. The van der Waals surface area contributed by atoms with Crippen LogP contribution >= 0.6 is 0 Å². The number of unbranched alkanes of at least 4 members (excludes halogenated alkanes) is 1. The quantitative estimate of drug-likeness (QED) is 0.464. The van der Waals surface area contributed by atoms with E-state index < -0.39 is 18.0 Å². The van der Waals surface area contributed by atoms with Crippen LogP contribution in [0.1, 0.15) is 24.8 Å². The summed E-state index contributed by atoms with van der Waals surface area (Å²) in [4.78, 5) is 23.4. The highest BCUT2D eigenvalue weighted by Crippen LogP contribution is 2.04. The molecule has 0 heterocycles. The van der Waals surface area contributed by atoms with Crippen molar-refractivity contribution in [2.45, 2.75) is 37.8 Å². The molecule has 1 aromatic rings. The molecule has 0 aromatic heterocycles. The lowest BCUT2D eigenvalue weighted by Crippen LogP contribution is -2.51. The van der Waals surface area contributed by atoms with Gasteiger partial charge in [-0.1, -0.05) is 36.8 Å². The number of amides is 2. The average molecular weight is 292 g/mol. The zero-order valence-corrected chi connectivity index (χ0v) is 12.1. The Morgan fingerprint density at radius 2 is 1.81 bits per heavy atom. The topological polar surface area (TPSA) is 124 Å². The Bertz CT molecular complexity index is 450. The van der Waals surface area contributed by atoms with Gasteiger partial charge in [-0.05, 0) is 24.9 Å². The van der Waals surface area contributed by atoms with Gasteiger partial charge in [0.25, 0.3) is 0 Å². The smallest absolute Gasteiger partial charge is 0.240 e. The molecule has 116 valence electrons. The number of nitrogens with one attached hydrogen (secondary N) is 1. The molecule has 0 aliphatic heterocycles. The van der Waals surface area contributed by atoms with Crippen molar-refractivity contribution in [1.82, 2.24) is 5.32 Å². The van der Waals surface area contributed by atoms with Crippen molar-refractivity contribution in [2.24, 2.45) is 17.2 Å². The van der Waals surface area contributed by atoms with Crippen LogP contribution in [0.5, 0.6) is 0 Å². The minimum Gasteiger partial charge on any atom is -0.368 e. The molecule has 0 fully saturated rings. The van der Waals surface area contributed by atoms with Crippen molar-refractivity contribution in [3.8, 4) is 0 Å². The molecule has 0 spiro atoms. The maximum absolute atomic E-state index is 12.0. The molecule has 1 rings (SSSR count). The minimum absolute atomic E-state index is 0.355. The number of benzene rings is 1. The van der Waals surface area contributed by atoms with E-state index in [9.17, 15) is 9.59 Å². The van der Waals surface area contributed by atoms with Crippen LogP contribution in [0.15, 0.2) is 30.3 Å². The molecular weight excluding hydrogens is 268 g/mol. The third-order valence-corrected chi connectivity index (χ3v) is 3.25. The lowest BCUT2D eigenvalue weighted by atomic mass is 10.0. The maximum Gasteiger partial charge on any atom is 0.240 e. The van der Waals surface area contributed by atoms with Crippen LogP contribution in [0, 0.1) is 0 Å². The molecule has 0 aliphatic carbocycles. The molecule has 2 amide bonds. The molecule has 2 unspecified atom stereocenters. The summed E-state index contributed by atoms with van der Waals surface area (Å²) in [5.74, 6) is -0.923. The molecule has 0 aliphatic rings. The summed E-state index contributed by atoms with van der Waals surface area (Å²) in [6, 6.07) is 7.98. The second kappa shape index (κ2) is 9.10. The molecule has 21 heavy (non-hydrogen) atoms. The normalized spacial score (nSPS) is 13.4. The minimum atomic E-state index is -0.750. The highest BCUT2D eigenvalue weighted by molar-refractivity contribution is 5.89. The predicted octanol–water partition coefficient (Wildman–Crippen LogP) is -0.344. The monoisotopic (exact) mass is 292 g/mol. The van der Waals surface area contributed by atoms with Gasteiger partial charge in [0.2, 0.25) is 11.8 Å². The van der Waals surface area contributed by atoms with Gasteiger partial charge in [0.05, 0.1) is 6.04 Å². The van der Waals surface area contributed by atoms with E-state index in [1.807, 2.05) is 30.3 Å². The van der Waals surface area contributed by atoms with Crippen molar-refractivity contribution < 1.29 is 9.59 Å². The third-order valence-electron chi connectivity index (χ3n) is 3.25. The number of carbonyl (C=O) groups excluding carboxylic acids is 2.